The van der Waals surface area contributed by atoms with Gasteiger partial charge < -0.3 is 10.4 Å². The molecule has 0 aliphatic carbocycles. The van der Waals surface area contributed by atoms with Crippen LogP contribution < -0.4 is 5.32 Å². The number of carboxylic acids is 1. The lowest BCUT2D eigenvalue weighted by molar-refractivity contribution is 0.0702. The summed E-state index contributed by atoms with van der Waals surface area (Å²) in [4.78, 5) is 22.9. The number of thioether (sulfide) groups is 1. The first kappa shape index (κ1) is 14.1. The third-order valence-electron chi connectivity index (χ3n) is 2.10. The van der Waals surface area contributed by atoms with Gasteiger partial charge in [-0.15, -0.1) is 11.3 Å². The Bertz CT molecular complexity index is 390. The van der Waals surface area contributed by atoms with Gasteiger partial charge in [-0.05, 0) is 37.0 Å². The number of hydrogen-bond donors (Lipinski definition) is 2. The van der Waals surface area contributed by atoms with Crippen molar-refractivity contribution in [1.29, 1.82) is 0 Å². The van der Waals surface area contributed by atoms with E-state index in [0.717, 1.165) is 29.9 Å². The van der Waals surface area contributed by atoms with E-state index < -0.39 is 5.97 Å². The van der Waals surface area contributed by atoms with Crippen molar-refractivity contribution in [1.82, 2.24) is 5.32 Å². The molecule has 2 N–H and O–H groups in total. The quantitative estimate of drug-likeness (QED) is 0.748. The van der Waals surface area contributed by atoms with Gasteiger partial charge in [0.25, 0.3) is 5.91 Å². The average molecular weight is 273 g/mol. The second-order valence-electron chi connectivity index (χ2n) is 3.42. The molecule has 0 saturated carbocycles. The molecular formula is C11H15NO3S2. The topological polar surface area (TPSA) is 66.4 Å². The van der Waals surface area contributed by atoms with Crippen LogP contribution in [0, 0.1) is 0 Å². The standard InChI is InChI=1S/C11H15NO3S2/c1-16-7-3-2-6-12-10(13)8-4-5-9(17-8)11(14)15/h4-5H,2-3,6-7H2,1H3,(H,12,13)(H,14,15). The van der Waals surface area contributed by atoms with E-state index in [1.165, 1.54) is 6.07 Å². The number of aromatic carboxylic acids is 1. The van der Waals surface area contributed by atoms with Gasteiger partial charge in [0.2, 0.25) is 0 Å². The molecule has 1 aromatic heterocycles. The summed E-state index contributed by atoms with van der Waals surface area (Å²) >= 11 is 2.79. The van der Waals surface area contributed by atoms with Crippen molar-refractivity contribution in [3.05, 3.63) is 21.9 Å². The molecule has 17 heavy (non-hydrogen) atoms. The van der Waals surface area contributed by atoms with Crippen molar-refractivity contribution in [3.8, 4) is 0 Å². The normalized spacial score (nSPS) is 10.2. The molecule has 0 aromatic carbocycles. The maximum atomic E-state index is 11.6. The van der Waals surface area contributed by atoms with Crippen molar-refractivity contribution in [2.45, 2.75) is 12.8 Å². The monoisotopic (exact) mass is 273 g/mol. The molecule has 0 bridgehead atoms. The number of amides is 1. The van der Waals surface area contributed by atoms with E-state index in [4.69, 9.17) is 5.11 Å². The van der Waals surface area contributed by atoms with Gasteiger partial charge in [0.1, 0.15) is 4.88 Å². The highest BCUT2D eigenvalue weighted by atomic mass is 32.2. The fourth-order valence-electron chi connectivity index (χ4n) is 1.24. The molecule has 0 unspecified atom stereocenters. The Morgan fingerprint density at radius 2 is 2.06 bits per heavy atom. The van der Waals surface area contributed by atoms with E-state index in [2.05, 4.69) is 11.6 Å². The van der Waals surface area contributed by atoms with Crippen LogP contribution in [0.1, 0.15) is 32.2 Å². The molecule has 4 nitrogen and oxygen atoms in total. The summed E-state index contributed by atoms with van der Waals surface area (Å²) in [7, 11) is 0. The Balaban J connectivity index is 2.34. The van der Waals surface area contributed by atoms with Crippen LogP contribution in [0.3, 0.4) is 0 Å². The summed E-state index contributed by atoms with van der Waals surface area (Å²) in [6, 6.07) is 3.00. The maximum Gasteiger partial charge on any atom is 0.345 e. The highest BCUT2D eigenvalue weighted by Gasteiger charge is 2.11. The van der Waals surface area contributed by atoms with Gasteiger partial charge in [0.15, 0.2) is 0 Å². The summed E-state index contributed by atoms with van der Waals surface area (Å²) in [5.41, 5.74) is 0. The summed E-state index contributed by atoms with van der Waals surface area (Å²) < 4.78 is 0. The van der Waals surface area contributed by atoms with Gasteiger partial charge in [-0.2, -0.15) is 11.8 Å². The number of nitrogens with one attached hydrogen (secondary N) is 1. The van der Waals surface area contributed by atoms with E-state index in [1.54, 1.807) is 17.8 Å². The predicted octanol–water partition coefficient (Wildman–Crippen LogP) is 2.32. The Labute approximate surface area is 108 Å². The van der Waals surface area contributed by atoms with E-state index in [0.29, 0.717) is 11.4 Å². The van der Waals surface area contributed by atoms with Crippen molar-refractivity contribution >= 4 is 35.0 Å². The van der Waals surface area contributed by atoms with Crippen LogP contribution in [0.15, 0.2) is 12.1 Å². The summed E-state index contributed by atoms with van der Waals surface area (Å²) in [6.07, 6.45) is 4.08. The number of thiophene rings is 1. The molecule has 1 heterocycles. The molecule has 0 saturated heterocycles. The molecule has 0 spiro atoms. The fraction of sp³-hybridized carbons (Fsp3) is 0.455. The van der Waals surface area contributed by atoms with Crippen molar-refractivity contribution in [2.75, 3.05) is 18.6 Å². The third-order valence-corrected chi connectivity index (χ3v) is 3.87. The molecule has 94 valence electrons. The van der Waals surface area contributed by atoms with Crippen LogP contribution >= 0.6 is 23.1 Å². The molecule has 0 aliphatic heterocycles. The molecule has 1 amide bonds. The minimum absolute atomic E-state index is 0.188. The minimum atomic E-state index is -0.992. The van der Waals surface area contributed by atoms with E-state index in [-0.39, 0.29) is 10.8 Å². The van der Waals surface area contributed by atoms with Gasteiger partial charge in [-0.3, -0.25) is 4.79 Å². The third kappa shape index (κ3) is 4.79. The average Bonchev–Trinajstić information content (AvgIpc) is 2.78. The van der Waals surface area contributed by atoms with Crippen LogP contribution in [0.4, 0.5) is 0 Å². The number of carbonyl (C=O) groups excluding carboxylic acids is 1. The Hall–Kier alpha value is -1.01. The zero-order valence-electron chi connectivity index (χ0n) is 9.56. The number of rotatable bonds is 7. The first-order chi connectivity index (χ1) is 8.15. The zero-order valence-corrected chi connectivity index (χ0v) is 11.2. The lowest BCUT2D eigenvalue weighted by Crippen LogP contribution is -2.23. The Morgan fingerprint density at radius 3 is 2.65 bits per heavy atom. The first-order valence-corrected chi connectivity index (χ1v) is 7.46. The Kier molecular flexibility index (Phi) is 6.07. The molecule has 1 aromatic rings. The van der Waals surface area contributed by atoms with Crippen LogP contribution in [0.2, 0.25) is 0 Å². The predicted molar refractivity (Wildman–Crippen MR) is 71.2 cm³/mol. The summed E-state index contributed by atoms with van der Waals surface area (Å²) in [6.45, 7) is 0.639. The van der Waals surface area contributed by atoms with Gasteiger partial charge in [0, 0.05) is 6.54 Å². The van der Waals surface area contributed by atoms with Crippen LogP contribution in [-0.4, -0.2) is 35.5 Å². The molecule has 0 radical (unpaired) electrons. The van der Waals surface area contributed by atoms with Gasteiger partial charge >= 0.3 is 5.97 Å². The fourth-order valence-corrected chi connectivity index (χ4v) is 2.49. The highest BCUT2D eigenvalue weighted by Crippen LogP contribution is 2.16. The van der Waals surface area contributed by atoms with Crippen LogP contribution in [-0.2, 0) is 0 Å². The zero-order chi connectivity index (χ0) is 12.7. The smallest absolute Gasteiger partial charge is 0.345 e. The van der Waals surface area contributed by atoms with E-state index in [9.17, 15) is 9.59 Å². The lowest BCUT2D eigenvalue weighted by Gasteiger charge is -2.02. The largest absolute Gasteiger partial charge is 0.477 e. The van der Waals surface area contributed by atoms with Gasteiger partial charge in [-0.1, -0.05) is 0 Å². The van der Waals surface area contributed by atoms with Gasteiger partial charge in [0.05, 0.1) is 4.88 Å². The second-order valence-corrected chi connectivity index (χ2v) is 5.49. The first-order valence-electron chi connectivity index (χ1n) is 5.25. The summed E-state index contributed by atoms with van der Waals surface area (Å²) in [5.74, 6) is -0.0847. The van der Waals surface area contributed by atoms with E-state index >= 15 is 0 Å². The molecule has 0 fully saturated rings. The molecule has 6 heteroatoms. The molecule has 0 aliphatic rings. The van der Waals surface area contributed by atoms with Crippen molar-refractivity contribution in [3.63, 3.8) is 0 Å². The number of carboxylic acid groups (broad SMARTS) is 1. The highest BCUT2D eigenvalue weighted by molar-refractivity contribution is 7.98. The molecule has 1 rings (SSSR count). The van der Waals surface area contributed by atoms with E-state index in [1.807, 2.05) is 0 Å². The van der Waals surface area contributed by atoms with Crippen molar-refractivity contribution < 1.29 is 14.7 Å². The number of hydrogen-bond acceptors (Lipinski definition) is 4. The van der Waals surface area contributed by atoms with Gasteiger partial charge in [-0.25, -0.2) is 4.79 Å². The lowest BCUT2D eigenvalue weighted by atomic mass is 10.3. The second kappa shape index (κ2) is 7.34. The van der Waals surface area contributed by atoms with Crippen LogP contribution in [0.25, 0.3) is 0 Å². The number of unbranched alkanes of at least 4 members (excludes halogenated alkanes) is 1. The van der Waals surface area contributed by atoms with Crippen LogP contribution in [0.5, 0.6) is 0 Å². The summed E-state index contributed by atoms with van der Waals surface area (Å²) in [5, 5.41) is 11.5. The van der Waals surface area contributed by atoms with Crippen molar-refractivity contribution in [2.24, 2.45) is 0 Å². The molecular weight excluding hydrogens is 258 g/mol. The Morgan fingerprint density at radius 1 is 1.35 bits per heavy atom. The maximum absolute atomic E-state index is 11.6. The SMILES string of the molecule is CSCCCCNC(=O)c1ccc(C(=O)O)s1. The minimum Gasteiger partial charge on any atom is -0.477 e. The number of carbonyl (C=O) groups is 2. The molecule has 0 atom stereocenters.